The minimum atomic E-state index is 0.0377. The lowest BCUT2D eigenvalue weighted by atomic mass is 10.1. The lowest BCUT2D eigenvalue weighted by molar-refractivity contribution is 0.0947. The fourth-order valence-electron chi connectivity index (χ4n) is 0.826. The molecule has 0 aliphatic carbocycles. The maximum Gasteiger partial charge on any atom is 0.115 e. The molecule has 9 heavy (non-hydrogen) atoms. The first-order valence-corrected chi connectivity index (χ1v) is 3.44. The summed E-state index contributed by atoms with van der Waals surface area (Å²) in [6, 6.07) is 0. The van der Waals surface area contributed by atoms with Crippen LogP contribution in [0.15, 0.2) is 0 Å². The maximum atomic E-state index is 5.28. The molecular weight excluding hydrogens is 116 g/mol. The molecule has 2 nitrogen and oxygen atoms in total. The summed E-state index contributed by atoms with van der Waals surface area (Å²) in [5, 5.41) is 0. The summed E-state index contributed by atoms with van der Waals surface area (Å²) >= 11 is 0. The highest BCUT2D eigenvalue weighted by Crippen LogP contribution is 2.35. The Kier molecular flexibility index (Phi) is 1.78. The van der Waals surface area contributed by atoms with Crippen LogP contribution in [0, 0.1) is 0 Å². The van der Waals surface area contributed by atoms with Crippen molar-refractivity contribution in [2.45, 2.75) is 32.5 Å². The molecule has 0 amide bonds. The van der Waals surface area contributed by atoms with E-state index in [1.807, 2.05) is 6.92 Å². The van der Waals surface area contributed by atoms with E-state index in [-0.39, 0.29) is 5.60 Å². The molecule has 1 aliphatic heterocycles. The van der Waals surface area contributed by atoms with Crippen molar-refractivity contribution in [1.82, 2.24) is 0 Å². The molecule has 1 rings (SSSR count). The SMILES string of the molecule is CCOCC1(C)OC1C. The Morgan fingerprint density at radius 3 is 2.56 bits per heavy atom. The van der Waals surface area contributed by atoms with E-state index in [1.165, 1.54) is 0 Å². The van der Waals surface area contributed by atoms with E-state index in [0.717, 1.165) is 13.2 Å². The van der Waals surface area contributed by atoms with E-state index >= 15 is 0 Å². The highest BCUT2D eigenvalue weighted by Gasteiger charge is 2.48. The third kappa shape index (κ3) is 1.43. The van der Waals surface area contributed by atoms with E-state index in [9.17, 15) is 0 Å². The van der Waals surface area contributed by atoms with Gasteiger partial charge in [0.25, 0.3) is 0 Å². The molecule has 0 aromatic rings. The molecule has 0 spiro atoms. The number of ether oxygens (including phenoxy) is 2. The maximum absolute atomic E-state index is 5.28. The van der Waals surface area contributed by atoms with Crippen LogP contribution in [0.25, 0.3) is 0 Å². The van der Waals surface area contributed by atoms with Gasteiger partial charge >= 0.3 is 0 Å². The smallest absolute Gasteiger partial charge is 0.115 e. The number of hydrogen-bond donors (Lipinski definition) is 0. The zero-order valence-corrected chi connectivity index (χ0v) is 6.31. The lowest BCUT2D eigenvalue weighted by Crippen LogP contribution is -2.16. The quantitative estimate of drug-likeness (QED) is 0.535. The third-order valence-electron chi connectivity index (χ3n) is 1.84. The molecule has 0 saturated carbocycles. The molecular formula is C7H14O2. The summed E-state index contributed by atoms with van der Waals surface area (Å²) in [6.07, 6.45) is 0.393. The molecule has 2 atom stereocenters. The standard InChI is InChI=1S/C7H14O2/c1-4-8-5-7(3)6(2)9-7/h6H,4-5H2,1-3H3. The van der Waals surface area contributed by atoms with Crippen LogP contribution in [-0.4, -0.2) is 24.9 Å². The van der Waals surface area contributed by atoms with Crippen LogP contribution in [0.5, 0.6) is 0 Å². The van der Waals surface area contributed by atoms with Crippen molar-refractivity contribution in [3.8, 4) is 0 Å². The second kappa shape index (κ2) is 2.27. The first kappa shape index (κ1) is 7.03. The normalized spacial score (nSPS) is 41.0. The largest absolute Gasteiger partial charge is 0.379 e. The van der Waals surface area contributed by atoms with Crippen LogP contribution in [-0.2, 0) is 9.47 Å². The molecule has 0 radical (unpaired) electrons. The number of epoxide rings is 1. The topological polar surface area (TPSA) is 21.8 Å². The van der Waals surface area contributed by atoms with E-state index < -0.39 is 0 Å². The minimum Gasteiger partial charge on any atom is -0.379 e. The van der Waals surface area contributed by atoms with Crippen molar-refractivity contribution >= 4 is 0 Å². The van der Waals surface area contributed by atoms with Gasteiger partial charge in [0.05, 0.1) is 12.7 Å². The predicted molar refractivity (Wildman–Crippen MR) is 35.4 cm³/mol. The first-order chi connectivity index (χ1) is 4.19. The van der Waals surface area contributed by atoms with Crippen molar-refractivity contribution in [3.63, 3.8) is 0 Å². The summed E-state index contributed by atoms with van der Waals surface area (Å²) in [7, 11) is 0. The van der Waals surface area contributed by atoms with Crippen molar-refractivity contribution in [2.75, 3.05) is 13.2 Å². The molecule has 1 saturated heterocycles. The Bertz CT molecular complexity index is 103. The molecule has 1 fully saturated rings. The summed E-state index contributed by atoms with van der Waals surface area (Å²) in [5.74, 6) is 0. The van der Waals surface area contributed by atoms with Gasteiger partial charge in [-0.1, -0.05) is 0 Å². The van der Waals surface area contributed by atoms with Crippen molar-refractivity contribution in [1.29, 1.82) is 0 Å². The van der Waals surface area contributed by atoms with Crippen LogP contribution < -0.4 is 0 Å². The highest BCUT2D eigenvalue weighted by atomic mass is 16.6. The first-order valence-electron chi connectivity index (χ1n) is 3.44. The minimum absolute atomic E-state index is 0.0377. The van der Waals surface area contributed by atoms with Gasteiger partial charge in [0, 0.05) is 6.61 Å². The van der Waals surface area contributed by atoms with Crippen molar-refractivity contribution in [2.24, 2.45) is 0 Å². The zero-order chi connectivity index (χ0) is 6.91. The van der Waals surface area contributed by atoms with Crippen LogP contribution in [0.3, 0.4) is 0 Å². The van der Waals surface area contributed by atoms with Crippen LogP contribution >= 0.6 is 0 Å². The van der Waals surface area contributed by atoms with Gasteiger partial charge in [0.15, 0.2) is 0 Å². The van der Waals surface area contributed by atoms with Crippen molar-refractivity contribution in [3.05, 3.63) is 0 Å². The van der Waals surface area contributed by atoms with Gasteiger partial charge in [-0.05, 0) is 20.8 Å². The summed E-state index contributed by atoms with van der Waals surface area (Å²) in [4.78, 5) is 0. The average Bonchev–Trinajstić information content (AvgIpc) is 2.38. The zero-order valence-electron chi connectivity index (χ0n) is 6.31. The van der Waals surface area contributed by atoms with Crippen LogP contribution in [0.4, 0.5) is 0 Å². The lowest BCUT2D eigenvalue weighted by Gasteiger charge is -2.03. The van der Waals surface area contributed by atoms with Crippen LogP contribution in [0.2, 0.25) is 0 Å². The van der Waals surface area contributed by atoms with Crippen molar-refractivity contribution < 1.29 is 9.47 Å². The van der Waals surface area contributed by atoms with Crippen LogP contribution in [0.1, 0.15) is 20.8 Å². The molecule has 1 aliphatic rings. The highest BCUT2D eigenvalue weighted by molar-refractivity contribution is 4.95. The van der Waals surface area contributed by atoms with E-state index in [2.05, 4.69) is 13.8 Å². The fourth-order valence-corrected chi connectivity index (χ4v) is 0.826. The van der Waals surface area contributed by atoms with E-state index in [4.69, 9.17) is 9.47 Å². The van der Waals surface area contributed by atoms with Gasteiger partial charge in [-0.3, -0.25) is 0 Å². The van der Waals surface area contributed by atoms with Gasteiger partial charge in [0.2, 0.25) is 0 Å². The van der Waals surface area contributed by atoms with E-state index in [1.54, 1.807) is 0 Å². The number of hydrogen-bond acceptors (Lipinski definition) is 2. The molecule has 2 unspecified atom stereocenters. The second-order valence-electron chi connectivity index (χ2n) is 2.71. The summed E-state index contributed by atoms with van der Waals surface area (Å²) in [6.45, 7) is 7.67. The molecule has 0 aromatic heterocycles. The Labute approximate surface area is 56.2 Å². The summed E-state index contributed by atoms with van der Waals surface area (Å²) in [5.41, 5.74) is 0.0377. The van der Waals surface area contributed by atoms with Gasteiger partial charge < -0.3 is 9.47 Å². The van der Waals surface area contributed by atoms with Gasteiger partial charge in [-0.25, -0.2) is 0 Å². The third-order valence-corrected chi connectivity index (χ3v) is 1.84. The van der Waals surface area contributed by atoms with Gasteiger partial charge in [0.1, 0.15) is 5.60 Å². The Morgan fingerprint density at radius 1 is 1.67 bits per heavy atom. The van der Waals surface area contributed by atoms with Gasteiger partial charge in [-0.2, -0.15) is 0 Å². The molecule has 0 aromatic carbocycles. The molecule has 1 heterocycles. The van der Waals surface area contributed by atoms with Gasteiger partial charge in [-0.15, -0.1) is 0 Å². The fraction of sp³-hybridized carbons (Fsp3) is 1.00. The Balaban J connectivity index is 2.13. The molecule has 2 heteroatoms. The monoisotopic (exact) mass is 130 g/mol. The Hall–Kier alpha value is -0.0800. The number of rotatable bonds is 3. The molecule has 0 bridgehead atoms. The molecule has 54 valence electrons. The van der Waals surface area contributed by atoms with E-state index in [0.29, 0.717) is 6.10 Å². The predicted octanol–water partition coefficient (Wildman–Crippen LogP) is 1.20. The molecule has 0 N–H and O–H groups in total. The Morgan fingerprint density at radius 2 is 2.22 bits per heavy atom. The summed E-state index contributed by atoms with van der Waals surface area (Å²) < 4.78 is 10.5. The average molecular weight is 130 g/mol. The second-order valence-corrected chi connectivity index (χ2v) is 2.71.